The maximum Gasteiger partial charge on any atom is 0.248 e. The molecule has 1 atom stereocenters. The van der Waals surface area contributed by atoms with Crippen LogP contribution >= 0.6 is 35.7 Å². The number of benzene rings is 1. The highest BCUT2D eigenvalue weighted by Gasteiger charge is 2.21. The number of nitrogens with zero attached hydrogens (tertiary/aromatic N) is 2. The number of carbonyl (C=O) groups is 1. The fraction of sp³-hybridized carbons (Fsp3) is 0.529. The van der Waals surface area contributed by atoms with Crippen molar-refractivity contribution in [3.8, 4) is 0 Å². The predicted molar refractivity (Wildman–Crippen MR) is 113 cm³/mol. The number of aliphatic imine (C=N–C) groups is 1. The van der Waals surface area contributed by atoms with E-state index in [0.29, 0.717) is 17.4 Å². The molecular formula is C17H27IN4OS. The quantitative estimate of drug-likeness (QED) is 0.401. The molecule has 1 unspecified atom stereocenters. The second-order valence-corrected chi connectivity index (χ2v) is 6.99. The number of thioether (sulfide) groups is 1. The summed E-state index contributed by atoms with van der Waals surface area (Å²) in [5.41, 5.74) is 6.87. The van der Waals surface area contributed by atoms with Crippen LogP contribution in [-0.2, 0) is 6.54 Å². The molecule has 134 valence electrons. The van der Waals surface area contributed by atoms with Gasteiger partial charge in [0.05, 0.1) is 6.54 Å². The minimum atomic E-state index is -0.398. The van der Waals surface area contributed by atoms with Gasteiger partial charge >= 0.3 is 0 Å². The SMILES string of the molecule is CCNC(=NCc1ccc(C(N)=O)cc1)N1CCSC(CC)C1.I. The van der Waals surface area contributed by atoms with Crippen LogP contribution in [0.2, 0.25) is 0 Å². The minimum Gasteiger partial charge on any atom is -0.366 e. The Morgan fingerprint density at radius 2 is 2.08 bits per heavy atom. The van der Waals surface area contributed by atoms with Crippen LogP contribution in [0.15, 0.2) is 29.3 Å². The van der Waals surface area contributed by atoms with Crippen molar-refractivity contribution in [3.63, 3.8) is 0 Å². The molecule has 3 N–H and O–H groups in total. The highest BCUT2D eigenvalue weighted by Crippen LogP contribution is 2.21. The lowest BCUT2D eigenvalue weighted by Crippen LogP contribution is -2.48. The summed E-state index contributed by atoms with van der Waals surface area (Å²) in [6.45, 7) is 7.88. The van der Waals surface area contributed by atoms with E-state index in [1.54, 1.807) is 12.1 Å². The summed E-state index contributed by atoms with van der Waals surface area (Å²) in [7, 11) is 0. The van der Waals surface area contributed by atoms with Crippen molar-refractivity contribution in [2.24, 2.45) is 10.7 Å². The molecule has 1 aromatic rings. The Bertz CT molecular complexity index is 550. The lowest BCUT2D eigenvalue weighted by molar-refractivity contribution is 0.100. The summed E-state index contributed by atoms with van der Waals surface area (Å²) in [5, 5.41) is 4.07. The van der Waals surface area contributed by atoms with Crippen molar-refractivity contribution < 1.29 is 4.79 Å². The van der Waals surface area contributed by atoms with Gasteiger partial charge in [-0.2, -0.15) is 11.8 Å². The van der Waals surface area contributed by atoms with Gasteiger partial charge < -0.3 is 16.0 Å². The molecule has 24 heavy (non-hydrogen) atoms. The van der Waals surface area contributed by atoms with E-state index in [-0.39, 0.29) is 24.0 Å². The Kier molecular flexibility index (Phi) is 9.50. The van der Waals surface area contributed by atoms with Gasteiger partial charge in [-0.05, 0) is 31.0 Å². The number of halogens is 1. The van der Waals surface area contributed by atoms with Gasteiger partial charge in [-0.25, -0.2) is 4.99 Å². The first kappa shape index (κ1) is 21.1. The molecule has 1 aromatic carbocycles. The highest BCUT2D eigenvalue weighted by atomic mass is 127. The molecule has 1 fully saturated rings. The zero-order valence-electron chi connectivity index (χ0n) is 14.3. The summed E-state index contributed by atoms with van der Waals surface area (Å²) in [4.78, 5) is 18.2. The molecule has 5 nitrogen and oxygen atoms in total. The number of primary amides is 1. The number of guanidine groups is 1. The van der Waals surface area contributed by atoms with Gasteiger partial charge in [0, 0.05) is 36.2 Å². The molecular weight excluding hydrogens is 435 g/mol. The Hall–Kier alpha value is -0.960. The number of amides is 1. The van der Waals surface area contributed by atoms with Gasteiger partial charge in [0.15, 0.2) is 5.96 Å². The monoisotopic (exact) mass is 462 g/mol. The van der Waals surface area contributed by atoms with E-state index in [9.17, 15) is 4.79 Å². The summed E-state index contributed by atoms with van der Waals surface area (Å²) in [6.07, 6.45) is 1.19. The van der Waals surface area contributed by atoms with E-state index >= 15 is 0 Å². The molecule has 0 radical (unpaired) electrons. The molecule has 0 bridgehead atoms. The lowest BCUT2D eigenvalue weighted by Gasteiger charge is -2.34. The topological polar surface area (TPSA) is 70.7 Å². The summed E-state index contributed by atoms with van der Waals surface area (Å²) in [5.74, 6) is 1.73. The molecule has 7 heteroatoms. The van der Waals surface area contributed by atoms with Crippen LogP contribution in [0, 0.1) is 0 Å². The maximum atomic E-state index is 11.1. The molecule has 1 aliphatic rings. The van der Waals surface area contributed by atoms with Gasteiger partial charge in [-0.3, -0.25) is 4.79 Å². The number of carbonyl (C=O) groups excluding carboxylic acids is 1. The normalized spacial score (nSPS) is 18.0. The highest BCUT2D eigenvalue weighted by molar-refractivity contribution is 14.0. The van der Waals surface area contributed by atoms with Crippen LogP contribution in [0.3, 0.4) is 0 Å². The van der Waals surface area contributed by atoms with E-state index < -0.39 is 5.91 Å². The Labute approximate surface area is 165 Å². The molecule has 0 aliphatic carbocycles. The minimum absolute atomic E-state index is 0. The molecule has 1 saturated heterocycles. The molecule has 0 spiro atoms. The third-order valence-corrected chi connectivity index (χ3v) is 5.25. The first-order chi connectivity index (χ1) is 11.1. The van der Waals surface area contributed by atoms with E-state index in [1.807, 2.05) is 12.1 Å². The second-order valence-electron chi connectivity index (χ2n) is 5.58. The van der Waals surface area contributed by atoms with Gasteiger partial charge in [0.1, 0.15) is 0 Å². The van der Waals surface area contributed by atoms with Crippen molar-refractivity contribution >= 4 is 47.6 Å². The zero-order valence-corrected chi connectivity index (χ0v) is 17.5. The van der Waals surface area contributed by atoms with E-state index in [1.165, 1.54) is 6.42 Å². The van der Waals surface area contributed by atoms with Crippen LogP contribution < -0.4 is 11.1 Å². The van der Waals surface area contributed by atoms with Crippen LogP contribution in [0.4, 0.5) is 0 Å². The van der Waals surface area contributed by atoms with Crippen LogP contribution in [0.1, 0.15) is 36.2 Å². The van der Waals surface area contributed by atoms with Gasteiger partial charge in [-0.1, -0.05) is 19.1 Å². The average molecular weight is 462 g/mol. The molecule has 2 rings (SSSR count). The van der Waals surface area contributed by atoms with Gasteiger partial charge in [-0.15, -0.1) is 24.0 Å². The third kappa shape index (κ3) is 6.16. The van der Waals surface area contributed by atoms with Gasteiger partial charge in [0.25, 0.3) is 0 Å². The van der Waals surface area contributed by atoms with Crippen molar-refractivity contribution in [2.45, 2.75) is 32.1 Å². The van der Waals surface area contributed by atoms with Crippen LogP contribution in [0.25, 0.3) is 0 Å². The van der Waals surface area contributed by atoms with Crippen molar-refractivity contribution in [1.29, 1.82) is 0 Å². The van der Waals surface area contributed by atoms with Crippen LogP contribution in [0.5, 0.6) is 0 Å². The summed E-state index contributed by atoms with van der Waals surface area (Å²) < 4.78 is 0. The Morgan fingerprint density at radius 3 is 2.67 bits per heavy atom. The number of hydrogen-bond acceptors (Lipinski definition) is 3. The number of rotatable bonds is 5. The van der Waals surface area contributed by atoms with Crippen molar-refractivity contribution in [2.75, 3.05) is 25.4 Å². The largest absolute Gasteiger partial charge is 0.366 e. The second kappa shape index (κ2) is 10.8. The number of hydrogen-bond donors (Lipinski definition) is 2. The van der Waals surface area contributed by atoms with Crippen molar-refractivity contribution in [1.82, 2.24) is 10.2 Å². The van der Waals surface area contributed by atoms with Gasteiger partial charge in [0.2, 0.25) is 5.91 Å². The molecule has 1 amide bonds. The standard InChI is InChI=1S/C17H26N4OS.HI/c1-3-15-12-21(9-10-23-15)17(19-4-2)20-11-13-5-7-14(8-6-13)16(18)22;/h5-8,15H,3-4,9-12H2,1-2H3,(H2,18,22)(H,19,20);1H. The average Bonchev–Trinajstić information content (AvgIpc) is 2.59. The van der Waals surface area contributed by atoms with Crippen molar-refractivity contribution in [3.05, 3.63) is 35.4 Å². The predicted octanol–water partition coefficient (Wildman–Crippen LogP) is 2.70. The fourth-order valence-electron chi connectivity index (χ4n) is 2.53. The number of nitrogens with one attached hydrogen (secondary N) is 1. The first-order valence-corrected chi connectivity index (χ1v) is 9.22. The summed E-state index contributed by atoms with van der Waals surface area (Å²) >= 11 is 2.05. The lowest BCUT2D eigenvalue weighted by atomic mass is 10.1. The maximum absolute atomic E-state index is 11.1. The van der Waals surface area contributed by atoms with E-state index in [2.05, 4.69) is 35.8 Å². The Balaban J connectivity index is 0.00000288. The third-order valence-electron chi connectivity index (χ3n) is 3.88. The zero-order chi connectivity index (χ0) is 16.7. The summed E-state index contributed by atoms with van der Waals surface area (Å²) in [6, 6.07) is 7.33. The molecule has 0 aromatic heterocycles. The number of nitrogens with two attached hydrogens (primary N) is 1. The van der Waals surface area contributed by atoms with E-state index in [0.717, 1.165) is 36.9 Å². The Morgan fingerprint density at radius 1 is 1.38 bits per heavy atom. The fourth-order valence-corrected chi connectivity index (χ4v) is 3.71. The molecule has 0 saturated carbocycles. The first-order valence-electron chi connectivity index (χ1n) is 8.17. The van der Waals surface area contributed by atoms with Crippen LogP contribution in [-0.4, -0.2) is 47.4 Å². The molecule has 1 aliphatic heterocycles. The molecule has 1 heterocycles. The smallest absolute Gasteiger partial charge is 0.248 e. The van der Waals surface area contributed by atoms with E-state index in [4.69, 9.17) is 10.7 Å².